The van der Waals surface area contributed by atoms with Crippen LogP contribution in [0.5, 0.6) is 0 Å². The number of furan rings is 2. The van der Waals surface area contributed by atoms with Gasteiger partial charge in [-0.1, -0.05) is 121 Å². The summed E-state index contributed by atoms with van der Waals surface area (Å²) in [5.74, 6) is 1.72. The summed E-state index contributed by atoms with van der Waals surface area (Å²) in [5, 5.41) is 11.3. The molecule has 0 N–H and O–H groups in total. The van der Waals surface area contributed by atoms with Gasteiger partial charge in [0.1, 0.15) is 22.3 Å². The first-order valence-corrected chi connectivity index (χ1v) is 19.8. The smallest absolute Gasteiger partial charge is 0.164 e. The molecular formula is C53H30N4O2. The van der Waals surface area contributed by atoms with E-state index in [-0.39, 0.29) is 0 Å². The highest BCUT2D eigenvalue weighted by Crippen LogP contribution is 2.42. The fourth-order valence-corrected chi connectivity index (χ4v) is 9.10. The second kappa shape index (κ2) is 12.2. The Morgan fingerprint density at radius 1 is 0.339 bits per heavy atom. The maximum absolute atomic E-state index is 6.60. The summed E-state index contributed by atoms with van der Waals surface area (Å²) in [6.45, 7) is 0. The topological polar surface area (TPSA) is 69.9 Å². The average molecular weight is 755 g/mol. The lowest BCUT2D eigenvalue weighted by Crippen LogP contribution is -2.00. The molecule has 0 bridgehead atoms. The van der Waals surface area contributed by atoms with Gasteiger partial charge < -0.3 is 13.4 Å². The van der Waals surface area contributed by atoms with Crippen molar-refractivity contribution in [3.8, 4) is 39.9 Å². The van der Waals surface area contributed by atoms with Crippen LogP contribution in [0.1, 0.15) is 0 Å². The minimum atomic E-state index is 0.564. The largest absolute Gasteiger partial charge is 0.456 e. The van der Waals surface area contributed by atoms with Gasteiger partial charge in [0.25, 0.3) is 0 Å². The number of para-hydroxylation sites is 2. The molecular weight excluding hydrogens is 725 g/mol. The van der Waals surface area contributed by atoms with Crippen LogP contribution < -0.4 is 0 Å². The van der Waals surface area contributed by atoms with Crippen LogP contribution in [0.2, 0.25) is 0 Å². The lowest BCUT2D eigenvalue weighted by molar-refractivity contribution is 0.669. The number of hydrogen-bond acceptors (Lipinski definition) is 5. The quantitative estimate of drug-likeness (QED) is 0.179. The van der Waals surface area contributed by atoms with E-state index < -0.39 is 0 Å². The molecule has 0 aliphatic heterocycles. The van der Waals surface area contributed by atoms with Gasteiger partial charge in [-0.15, -0.1) is 0 Å². The zero-order chi connectivity index (χ0) is 38.6. The van der Waals surface area contributed by atoms with Crippen LogP contribution >= 0.6 is 0 Å². The third-order valence-corrected chi connectivity index (χ3v) is 11.8. The molecule has 274 valence electrons. The number of aromatic nitrogens is 4. The SMILES string of the molecule is c1ccc(-c2nc(-c3ccc4c(c3)oc3ccccc34)nc(-c3cccc4oc5ccc6cc(-n7c8ccccc8c8cc9ccccc9cc87)ccc6c5c34)n2)cc1. The van der Waals surface area contributed by atoms with E-state index in [1.165, 1.54) is 32.6 Å². The van der Waals surface area contributed by atoms with E-state index in [0.717, 1.165) is 77.0 Å². The molecule has 13 rings (SSSR count). The Morgan fingerprint density at radius 3 is 1.92 bits per heavy atom. The molecule has 4 heterocycles. The van der Waals surface area contributed by atoms with Gasteiger partial charge >= 0.3 is 0 Å². The normalized spacial score (nSPS) is 12.1. The molecule has 6 heteroatoms. The Bertz CT molecular complexity index is 3860. The molecule has 0 aliphatic rings. The summed E-state index contributed by atoms with van der Waals surface area (Å²) in [7, 11) is 0. The van der Waals surface area contributed by atoms with E-state index in [4.69, 9.17) is 23.8 Å². The van der Waals surface area contributed by atoms with Crippen LogP contribution in [-0.4, -0.2) is 19.5 Å². The molecule has 0 fully saturated rings. The second-order valence-electron chi connectivity index (χ2n) is 15.2. The van der Waals surface area contributed by atoms with Gasteiger partial charge in [0.05, 0.1) is 11.0 Å². The number of nitrogens with zero attached hydrogens (tertiary/aromatic N) is 4. The summed E-state index contributed by atoms with van der Waals surface area (Å²) in [5.41, 5.74) is 9.30. The van der Waals surface area contributed by atoms with Crippen molar-refractivity contribution in [2.75, 3.05) is 0 Å². The van der Waals surface area contributed by atoms with Crippen LogP contribution in [0.4, 0.5) is 0 Å². The van der Waals surface area contributed by atoms with Gasteiger partial charge in [-0.3, -0.25) is 0 Å². The van der Waals surface area contributed by atoms with Crippen molar-refractivity contribution in [2.24, 2.45) is 0 Å². The maximum Gasteiger partial charge on any atom is 0.164 e. The minimum Gasteiger partial charge on any atom is -0.456 e. The summed E-state index contributed by atoms with van der Waals surface area (Å²) in [6.07, 6.45) is 0. The number of fused-ring (bicyclic) bond motifs is 12. The van der Waals surface area contributed by atoms with Gasteiger partial charge in [0.15, 0.2) is 17.5 Å². The highest BCUT2D eigenvalue weighted by atomic mass is 16.3. The third-order valence-electron chi connectivity index (χ3n) is 11.8. The van der Waals surface area contributed by atoms with Crippen LogP contribution in [0.25, 0.3) is 127 Å². The van der Waals surface area contributed by atoms with E-state index in [1.807, 2.05) is 66.7 Å². The molecule has 9 aromatic carbocycles. The monoisotopic (exact) mass is 754 g/mol. The van der Waals surface area contributed by atoms with Crippen LogP contribution in [0, 0.1) is 0 Å². The molecule has 59 heavy (non-hydrogen) atoms. The Hall–Kier alpha value is -8.09. The summed E-state index contributed by atoms with van der Waals surface area (Å²) in [4.78, 5) is 15.4. The van der Waals surface area contributed by atoms with Crippen molar-refractivity contribution >= 4 is 87.2 Å². The number of hydrogen-bond donors (Lipinski definition) is 0. The lowest BCUT2D eigenvalue weighted by atomic mass is 9.99. The summed E-state index contributed by atoms with van der Waals surface area (Å²) in [6, 6.07) is 63.4. The van der Waals surface area contributed by atoms with Crippen LogP contribution in [0.3, 0.4) is 0 Å². The van der Waals surface area contributed by atoms with Gasteiger partial charge in [0.2, 0.25) is 0 Å². The molecule has 0 amide bonds. The first-order valence-electron chi connectivity index (χ1n) is 19.8. The Balaban J connectivity index is 1.02. The number of benzene rings is 9. The first kappa shape index (κ1) is 32.0. The molecule has 6 nitrogen and oxygen atoms in total. The van der Waals surface area contributed by atoms with Crippen molar-refractivity contribution in [1.29, 1.82) is 0 Å². The van der Waals surface area contributed by atoms with E-state index in [0.29, 0.717) is 17.5 Å². The van der Waals surface area contributed by atoms with Crippen molar-refractivity contribution in [1.82, 2.24) is 19.5 Å². The van der Waals surface area contributed by atoms with Crippen molar-refractivity contribution in [2.45, 2.75) is 0 Å². The van der Waals surface area contributed by atoms with Crippen LogP contribution in [-0.2, 0) is 0 Å². The average Bonchev–Trinajstić information content (AvgIpc) is 3.97. The molecule has 0 atom stereocenters. The Labute approximate surface area is 336 Å². The van der Waals surface area contributed by atoms with Gasteiger partial charge in [-0.25, -0.2) is 15.0 Å². The molecule has 13 aromatic rings. The molecule has 0 saturated carbocycles. The highest BCUT2D eigenvalue weighted by molar-refractivity contribution is 6.23. The van der Waals surface area contributed by atoms with Gasteiger partial charge in [-0.05, 0) is 82.2 Å². The Morgan fingerprint density at radius 2 is 1.02 bits per heavy atom. The van der Waals surface area contributed by atoms with Crippen molar-refractivity contribution < 1.29 is 8.83 Å². The lowest BCUT2D eigenvalue weighted by Gasteiger charge is -2.11. The predicted octanol–water partition coefficient (Wildman–Crippen LogP) is 14.1. The van der Waals surface area contributed by atoms with Gasteiger partial charge in [-0.2, -0.15) is 0 Å². The highest BCUT2D eigenvalue weighted by Gasteiger charge is 2.21. The second-order valence-corrected chi connectivity index (χ2v) is 15.2. The van der Waals surface area contributed by atoms with E-state index in [2.05, 4.69) is 120 Å². The standard InChI is InChI=1S/C53H30N4O2/c1-2-11-31(12-3-1)51-54-52(35-21-24-40-39-16-7-9-19-45(39)58-48(40)30-35)56-53(55-51)41-17-10-20-46-50(41)49-37-25-23-36(27-34(37)22-26-47(49)59-46)57-43-18-8-6-15-38(43)42-28-32-13-4-5-14-33(32)29-44(42)57/h1-30H. The fourth-order valence-electron chi connectivity index (χ4n) is 9.10. The first-order chi connectivity index (χ1) is 29.2. The van der Waals surface area contributed by atoms with Gasteiger partial charge in [0, 0.05) is 54.7 Å². The summed E-state index contributed by atoms with van der Waals surface area (Å²) >= 11 is 0. The van der Waals surface area contributed by atoms with Crippen molar-refractivity contribution in [3.63, 3.8) is 0 Å². The molecule has 0 radical (unpaired) electrons. The van der Waals surface area contributed by atoms with Crippen LogP contribution in [0.15, 0.2) is 191 Å². The van der Waals surface area contributed by atoms with E-state index in [1.54, 1.807) is 0 Å². The predicted molar refractivity (Wildman–Crippen MR) is 240 cm³/mol. The van der Waals surface area contributed by atoms with E-state index >= 15 is 0 Å². The molecule has 4 aromatic heterocycles. The third kappa shape index (κ3) is 4.84. The molecule has 0 aliphatic carbocycles. The molecule has 0 saturated heterocycles. The Kier molecular flexibility index (Phi) is 6.63. The minimum absolute atomic E-state index is 0.564. The fraction of sp³-hybridized carbons (Fsp3) is 0. The summed E-state index contributed by atoms with van der Waals surface area (Å²) < 4.78 is 15.3. The maximum atomic E-state index is 6.60. The van der Waals surface area contributed by atoms with Crippen molar-refractivity contribution in [3.05, 3.63) is 182 Å². The number of rotatable bonds is 4. The zero-order valence-electron chi connectivity index (χ0n) is 31.4. The van der Waals surface area contributed by atoms with E-state index in [9.17, 15) is 0 Å². The zero-order valence-corrected chi connectivity index (χ0v) is 31.4. The molecule has 0 unspecified atom stereocenters. The molecule has 0 spiro atoms.